The monoisotopic (exact) mass is 906 g/mol. The Morgan fingerprint density at radius 2 is 0.662 bits per heavy atom. The average molecular weight is 907 g/mol. The molecule has 11 aromatic carbocycles. The summed E-state index contributed by atoms with van der Waals surface area (Å²) < 4.78 is 2.37. The van der Waals surface area contributed by atoms with E-state index in [-0.39, 0.29) is 5.41 Å². The summed E-state index contributed by atoms with van der Waals surface area (Å²) in [5.41, 5.74) is 24.3. The number of anilines is 3. The molecule has 2 nitrogen and oxygen atoms in total. The molecule has 12 aromatic rings. The highest BCUT2D eigenvalue weighted by atomic mass is 15.1. The van der Waals surface area contributed by atoms with Crippen LogP contribution in [0.3, 0.4) is 0 Å². The Hall–Kier alpha value is -8.98. The molecule has 0 amide bonds. The summed E-state index contributed by atoms with van der Waals surface area (Å²) in [6, 6.07) is 97.6. The summed E-state index contributed by atoms with van der Waals surface area (Å²) in [6.45, 7) is 4.74. The number of hydrogen-bond donors (Lipinski definition) is 0. The number of fused-ring (bicyclic) bond motifs is 6. The Morgan fingerprint density at radius 1 is 0.282 bits per heavy atom. The molecule has 71 heavy (non-hydrogen) atoms. The van der Waals surface area contributed by atoms with Gasteiger partial charge in [-0.25, -0.2) is 0 Å². The second-order valence-electron chi connectivity index (χ2n) is 19.4. The number of para-hydroxylation sites is 3. The maximum absolute atomic E-state index is 2.41. The van der Waals surface area contributed by atoms with E-state index in [0.29, 0.717) is 0 Å². The predicted molar refractivity (Wildman–Crippen MR) is 300 cm³/mol. The van der Waals surface area contributed by atoms with Crippen molar-refractivity contribution in [3.63, 3.8) is 0 Å². The van der Waals surface area contributed by atoms with Crippen LogP contribution in [0.25, 0.3) is 94.3 Å². The zero-order chi connectivity index (χ0) is 47.5. The standard InChI is InChI=1S/C69H50N2/c1-69(2)65-45-56(47-14-6-3-7-15-47)36-41-61(65)62-42-40-60(46-66(62)69)70(57-16-8-4-9-17-57)59-38-34-53(35-39-59)52-28-26-49(27-29-52)48-22-24-50(25-23-48)51-30-32-54(33-31-51)55-37-43-68-64(44-55)63-20-12-13-21-67(63)71(68)58-18-10-5-11-19-58/h3-46H,1-2H3. The Morgan fingerprint density at radius 3 is 1.25 bits per heavy atom. The van der Waals surface area contributed by atoms with Crippen LogP contribution in [0.15, 0.2) is 267 Å². The molecule has 0 atom stereocenters. The van der Waals surface area contributed by atoms with E-state index in [1.54, 1.807) is 0 Å². The van der Waals surface area contributed by atoms with E-state index in [4.69, 9.17) is 0 Å². The van der Waals surface area contributed by atoms with Crippen LogP contribution >= 0.6 is 0 Å². The van der Waals surface area contributed by atoms with E-state index in [1.807, 2.05) is 0 Å². The first-order chi connectivity index (χ1) is 34.9. The van der Waals surface area contributed by atoms with Crippen LogP contribution in [0.2, 0.25) is 0 Å². The molecular formula is C69H50N2. The van der Waals surface area contributed by atoms with Gasteiger partial charge in [0, 0.05) is 38.9 Å². The van der Waals surface area contributed by atoms with Gasteiger partial charge in [-0.1, -0.05) is 208 Å². The Kier molecular flexibility index (Phi) is 10.2. The van der Waals surface area contributed by atoms with Crippen LogP contribution in [0.1, 0.15) is 25.0 Å². The molecular weight excluding hydrogens is 857 g/mol. The predicted octanol–water partition coefficient (Wildman–Crippen LogP) is 18.9. The minimum atomic E-state index is -0.148. The lowest BCUT2D eigenvalue weighted by molar-refractivity contribution is 0.660. The van der Waals surface area contributed by atoms with E-state index in [0.717, 1.165) is 17.1 Å². The van der Waals surface area contributed by atoms with Crippen LogP contribution in [0.5, 0.6) is 0 Å². The van der Waals surface area contributed by atoms with Gasteiger partial charge in [0.05, 0.1) is 11.0 Å². The molecule has 0 saturated carbocycles. The molecule has 0 N–H and O–H groups in total. The van der Waals surface area contributed by atoms with Gasteiger partial charge in [0.1, 0.15) is 0 Å². The van der Waals surface area contributed by atoms with Crippen molar-refractivity contribution >= 4 is 38.9 Å². The summed E-state index contributed by atoms with van der Waals surface area (Å²) in [6.07, 6.45) is 0. The zero-order valence-corrected chi connectivity index (χ0v) is 39.8. The summed E-state index contributed by atoms with van der Waals surface area (Å²) in [4.78, 5) is 2.38. The van der Waals surface area contributed by atoms with Crippen molar-refractivity contribution in [2.45, 2.75) is 19.3 Å². The number of benzene rings is 11. The van der Waals surface area contributed by atoms with Gasteiger partial charge >= 0.3 is 0 Å². The van der Waals surface area contributed by atoms with Gasteiger partial charge < -0.3 is 9.47 Å². The fourth-order valence-electron chi connectivity index (χ4n) is 11.1. The smallest absolute Gasteiger partial charge is 0.0541 e. The Balaban J connectivity index is 0.726. The third kappa shape index (κ3) is 7.44. The van der Waals surface area contributed by atoms with Crippen molar-refractivity contribution in [3.05, 3.63) is 278 Å². The second-order valence-corrected chi connectivity index (χ2v) is 19.4. The highest BCUT2D eigenvalue weighted by Crippen LogP contribution is 2.52. The van der Waals surface area contributed by atoms with Crippen molar-refractivity contribution in [2.24, 2.45) is 0 Å². The molecule has 0 bridgehead atoms. The van der Waals surface area contributed by atoms with E-state index < -0.39 is 0 Å². The van der Waals surface area contributed by atoms with E-state index in [9.17, 15) is 0 Å². The van der Waals surface area contributed by atoms with E-state index >= 15 is 0 Å². The molecule has 1 aliphatic rings. The first-order valence-electron chi connectivity index (χ1n) is 24.7. The normalized spacial score (nSPS) is 12.5. The molecule has 13 rings (SSSR count). The van der Waals surface area contributed by atoms with E-state index in [2.05, 4.69) is 290 Å². The first kappa shape index (κ1) is 42.1. The van der Waals surface area contributed by atoms with Crippen LogP contribution in [-0.4, -0.2) is 4.57 Å². The molecule has 0 spiro atoms. The maximum Gasteiger partial charge on any atom is 0.0541 e. The summed E-state index contributed by atoms with van der Waals surface area (Å²) in [5.74, 6) is 0. The maximum atomic E-state index is 2.41. The van der Waals surface area contributed by atoms with Crippen LogP contribution in [0.4, 0.5) is 17.1 Å². The van der Waals surface area contributed by atoms with Crippen molar-refractivity contribution in [3.8, 4) is 72.4 Å². The van der Waals surface area contributed by atoms with Gasteiger partial charge in [-0.05, 0) is 151 Å². The van der Waals surface area contributed by atoms with E-state index in [1.165, 1.54) is 105 Å². The third-order valence-electron chi connectivity index (χ3n) is 14.8. The first-order valence-corrected chi connectivity index (χ1v) is 24.7. The van der Waals surface area contributed by atoms with Gasteiger partial charge in [-0.3, -0.25) is 0 Å². The molecule has 1 aliphatic carbocycles. The van der Waals surface area contributed by atoms with Gasteiger partial charge in [-0.15, -0.1) is 0 Å². The summed E-state index contributed by atoms with van der Waals surface area (Å²) in [7, 11) is 0. The molecule has 0 fully saturated rings. The number of hydrogen-bond acceptors (Lipinski definition) is 1. The fraction of sp³-hybridized carbons (Fsp3) is 0.0435. The topological polar surface area (TPSA) is 8.17 Å². The molecule has 0 saturated heterocycles. The van der Waals surface area contributed by atoms with Crippen molar-refractivity contribution in [1.82, 2.24) is 4.57 Å². The van der Waals surface area contributed by atoms with Crippen LogP contribution in [-0.2, 0) is 5.41 Å². The molecule has 1 heterocycles. The zero-order valence-electron chi connectivity index (χ0n) is 39.8. The molecule has 0 aliphatic heterocycles. The lowest BCUT2D eigenvalue weighted by atomic mass is 9.81. The Bertz CT molecular complexity index is 3890. The second kappa shape index (κ2) is 17.2. The summed E-state index contributed by atoms with van der Waals surface area (Å²) in [5, 5.41) is 2.53. The molecule has 0 radical (unpaired) electrons. The lowest BCUT2D eigenvalue weighted by Gasteiger charge is -2.28. The molecule has 2 heteroatoms. The quantitative estimate of drug-likeness (QED) is 0.140. The minimum absolute atomic E-state index is 0.148. The minimum Gasteiger partial charge on any atom is -0.310 e. The fourth-order valence-corrected chi connectivity index (χ4v) is 11.1. The van der Waals surface area contributed by atoms with Gasteiger partial charge in [0.25, 0.3) is 0 Å². The molecule has 0 unspecified atom stereocenters. The van der Waals surface area contributed by atoms with Crippen molar-refractivity contribution < 1.29 is 0 Å². The van der Waals surface area contributed by atoms with Gasteiger partial charge in [0.15, 0.2) is 0 Å². The molecule has 336 valence electrons. The van der Waals surface area contributed by atoms with Gasteiger partial charge in [-0.2, -0.15) is 0 Å². The highest BCUT2D eigenvalue weighted by Gasteiger charge is 2.36. The number of aromatic nitrogens is 1. The van der Waals surface area contributed by atoms with Crippen LogP contribution in [0, 0.1) is 0 Å². The largest absolute Gasteiger partial charge is 0.310 e. The lowest BCUT2D eigenvalue weighted by Crippen LogP contribution is -2.16. The highest BCUT2D eigenvalue weighted by molar-refractivity contribution is 6.10. The third-order valence-corrected chi connectivity index (χ3v) is 14.8. The number of nitrogens with zero attached hydrogens (tertiary/aromatic N) is 2. The van der Waals surface area contributed by atoms with Crippen molar-refractivity contribution in [2.75, 3.05) is 4.90 Å². The SMILES string of the molecule is CC1(C)c2cc(-c3ccccc3)ccc2-c2ccc(N(c3ccccc3)c3ccc(-c4ccc(-c5ccc(-c6ccc(-c7ccc8c(c7)c7ccccc7n8-c7ccccc7)cc6)cc5)cc4)cc3)cc21. The Labute approximate surface area is 416 Å². The average Bonchev–Trinajstić information content (AvgIpc) is 3.89. The van der Waals surface area contributed by atoms with Crippen molar-refractivity contribution in [1.29, 1.82) is 0 Å². The van der Waals surface area contributed by atoms with Crippen LogP contribution < -0.4 is 4.90 Å². The number of rotatable bonds is 9. The summed E-state index contributed by atoms with van der Waals surface area (Å²) >= 11 is 0. The van der Waals surface area contributed by atoms with Gasteiger partial charge in [0.2, 0.25) is 0 Å². The molecule has 1 aromatic heterocycles.